The lowest BCUT2D eigenvalue weighted by atomic mass is 10.1. The van der Waals surface area contributed by atoms with E-state index in [1.54, 1.807) is 28.6 Å². The summed E-state index contributed by atoms with van der Waals surface area (Å²) in [6.45, 7) is 2.99. The molecule has 0 aliphatic carbocycles. The van der Waals surface area contributed by atoms with Gasteiger partial charge in [0.2, 0.25) is 0 Å². The first-order valence-electron chi connectivity index (χ1n) is 4.98. The molecule has 1 aromatic carbocycles. The normalized spacial score (nSPS) is 10.6. The Balaban J connectivity index is 2.25. The minimum absolute atomic E-state index is 0.878. The zero-order valence-electron chi connectivity index (χ0n) is 9.23. The summed E-state index contributed by atoms with van der Waals surface area (Å²) >= 11 is 3.24. The van der Waals surface area contributed by atoms with Gasteiger partial charge in [0.1, 0.15) is 5.51 Å². The number of aromatic nitrogens is 2. The fourth-order valence-electron chi connectivity index (χ4n) is 1.44. The Morgan fingerprint density at radius 1 is 1.44 bits per heavy atom. The smallest absolute Gasteiger partial charge is 0.178 e. The molecular formula is C11H13N3S2. The van der Waals surface area contributed by atoms with Crippen molar-refractivity contribution in [1.29, 1.82) is 0 Å². The highest BCUT2D eigenvalue weighted by Crippen LogP contribution is 2.31. The van der Waals surface area contributed by atoms with Gasteiger partial charge in [0.25, 0.3) is 0 Å². The molecule has 84 valence electrons. The van der Waals surface area contributed by atoms with Crippen LogP contribution in [0, 0.1) is 6.92 Å². The Morgan fingerprint density at radius 3 is 3.00 bits per heavy atom. The standard InChI is InChI=1S/C11H13N3S2/c1-8-3-4-10(9(5-8)6-12-2)16-11-14-13-7-15-11/h3-5,7,12H,6H2,1-2H3. The average Bonchev–Trinajstić information content (AvgIpc) is 2.75. The van der Waals surface area contributed by atoms with E-state index in [9.17, 15) is 0 Å². The molecular weight excluding hydrogens is 238 g/mol. The molecule has 0 unspecified atom stereocenters. The number of hydrogen-bond donors (Lipinski definition) is 1. The predicted octanol–water partition coefficient (Wildman–Crippen LogP) is 2.72. The Labute approximate surface area is 103 Å². The molecule has 1 heterocycles. The van der Waals surface area contributed by atoms with Crippen LogP contribution >= 0.6 is 23.1 Å². The molecule has 0 amide bonds. The van der Waals surface area contributed by atoms with Gasteiger partial charge in [-0.15, -0.1) is 10.2 Å². The summed E-state index contributed by atoms with van der Waals surface area (Å²) in [7, 11) is 1.96. The van der Waals surface area contributed by atoms with Crippen molar-refractivity contribution >= 4 is 23.1 Å². The van der Waals surface area contributed by atoms with Crippen LogP contribution in [0.4, 0.5) is 0 Å². The Kier molecular flexibility index (Phi) is 3.93. The second kappa shape index (κ2) is 5.43. The van der Waals surface area contributed by atoms with Crippen LogP contribution in [0.25, 0.3) is 0 Å². The lowest BCUT2D eigenvalue weighted by Gasteiger charge is -2.08. The second-order valence-corrected chi connectivity index (χ2v) is 5.57. The largest absolute Gasteiger partial charge is 0.316 e. The highest BCUT2D eigenvalue weighted by Gasteiger charge is 2.06. The van der Waals surface area contributed by atoms with Gasteiger partial charge in [-0.1, -0.05) is 40.8 Å². The van der Waals surface area contributed by atoms with E-state index in [1.807, 2.05) is 7.05 Å². The highest BCUT2D eigenvalue weighted by molar-refractivity contribution is 8.01. The quantitative estimate of drug-likeness (QED) is 0.906. The maximum atomic E-state index is 4.05. The Morgan fingerprint density at radius 2 is 2.31 bits per heavy atom. The molecule has 0 saturated carbocycles. The zero-order valence-corrected chi connectivity index (χ0v) is 10.9. The van der Waals surface area contributed by atoms with Crippen LogP contribution in [0.3, 0.4) is 0 Å². The minimum atomic E-state index is 0.878. The number of aryl methyl sites for hydroxylation is 1. The van der Waals surface area contributed by atoms with E-state index >= 15 is 0 Å². The van der Waals surface area contributed by atoms with E-state index in [4.69, 9.17) is 0 Å². The number of nitrogens with one attached hydrogen (secondary N) is 1. The average molecular weight is 251 g/mol. The van der Waals surface area contributed by atoms with Crippen LogP contribution in [0.5, 0.6) is 0 Å². The molecule has 0 bridgehead atoms. The van der Waals surface area contributed by atoms with Gasteiger partial charge >= 0.3 is 0 Å². The first-order valence-corrected chi connectivity index (χ1v) is 6.67. The van der Waals surface area contributed by atoms with Crippen molar-refractivity contribution in [2.24, 2.45) is 0 Å². The summed E-state index contributed by atoms with van der Waals surface area (Å²) in [6.07, 6.45) is 0. The van der Waals surface area contributed by atoms with E-state index in [0.717, 1.165) is 10.9 Å². The van der Waals surface area contributed by atoms with Crippen molar-refractivity contribution in [3.63, 3.8) is 0 Å². The number of rotatable bonds is 4. The molecule has 0 aliphatic heterocycles. The predicted molar refractivity (Wildman–Crippen MR) is 68.0 cm³/mol. The monoisotopic (exact) mass is 251 g/mol. The van der Waals surface area contributed by atoms with Gasteiger partial charge in [-0.05, 0) is 25.6 Å². The van der Waals surface area contributed by atoms with Crippen LogP contribution in [-0.2, 0) is 6.54 Å². The van der Waals surface area contributed by atoms with E-state index in [-0.39, 0.29) is 0 Å². The Hall–Kier alpha value is -0.910. The first-order chi connectivity index (χ1) is 7.79. The van der Waals surface area contributed by atoms with Crippen molar-refractivity contribution in [3.8, 4) is 0 Å². The van der Waals surface area contributed by atoms with Crippen molar-refractivity contribution < 1.29 is 0 Å². The van der Waals surface area contributed by atoms with Gasteiger partial charge in [-0.3, -0.25) is 0 Å². The van der Waals surface area contributed by atoms with Crippen LogP contribution < -0.4 is 5.32 Å². The maximum Gasteiger partial charge on any atom is 0.178 e. The minimum Gasteiger partial charge on any atom is -0.316 e. The SMILES string of the molecule is CNCc1cc(C)ccc1Sc1nncs1. The molecule has 1 aromatic heterocycles. The van der Waals surface area contributed by atoms with Crippen molar-refractivity contribution in [1.82, 2.24) is 15.5 Å². The highest BCUT2D eigenvalue weighted by atomic mass is 32.2. The molecule has 5 heteroatoms. The van der Waals surface area contributed by atoms with E-state index in [0.29, 0.717) is 0 Å². The van der Waals surface area contributed by atoms with Crippen LogP contribution in [0.2, 0.25) is 0 Å². The zero-order chi connectivity index (χ0) is 11.4. The number of nitrogens with zero attached hydrogens (tertiary/aromatic N) is 2. The summed E-state index contributed by atoms with van der Waals surface area (Å²) in [5.74, 6) is 0. The molecule has 2 aromatic rings. The van der Waals surface area contributed by atoms with Crippen molar-refractivity contribution in [2.45, 2.75) is 22.7 Å². The maximum absolute atomic E-state index is 4.05. The van der Waals surface area contributed by atoms with Crippen LogP contribution in [-0.4, -0.2) is 17.2 Å². The number of hydrogen-bond acceptors (Lipinski definition) is 5. The van der Waals surface area contributed by atoms with Gasteiger partial charge in [-0.2, -0.15) is 0 Å². The fraction of sp³-hybridized carbons (Fsp3) is 0.273. The van der Waals surface area contributed by atoms with E-state index < -0.39 is 0 Å². The molecule has 1 N–H and O–H groups in total. The molecule has 0 saturated heterocycles. The topological polar surface area (TPSA) is 37.8 Å². The molecule has 16 heavy (non-hydrogen) atoms. The molecule has 0 atom stereocenters. The third-order valence-electron chi connectivity index (χ3n) is 2.12. The van der Waals surface area contributed by atoms with Gasteiger partial charge in [0.05, 0.1) is 0 Å². The molecule has 0 radical (unpaired) electrons. The third-order valence-corrected chi connectivity index (χ3v) is 4.02. The third kappa shape index (κ3) is 2.81. The summed E-state index contributed by atoms with van der Waals surface area (Å²) in [4.78, 5) is 1.25. The summed E-state index contributed by atoms with van der Waals surface area (Å²) in [5, 5.41) is 11.1. The lowest BCUT2D eigenvalue weighted by molar-refractivity contribution is 0.802. The van der Waals surface area contributed by atoms with Gasteiger partial charge in [0, 0.05) is 11.4 Å². The molecule has 0 spiro atoms. The van der Waals surface area contributed by atoms with E-state index in [1.165, 1.54) is 16.0 Å². The second-order valence-electron chi connectivity index (χ2n) is 3.45. The van der Waals surface area contributed by atoms with Crippen LogP contribution in [0.1, 0.15) is 11.1 Å². The first kappa shape index (κ1) is 11.6. The summed E-state index contributed by atoms with van der Waals surface area (Å²) in [6, 6.07) is 6.48. The van der Waals surface area contributed by atoms with Gasteiger partial charge < -0.3 is 5.32 Å². The molecule has 2 rings (SSSR count). The van der Waals surface area contributed by atoms with Crippen LogP contribution in [0.15, 0.2) is 32.9 Å². The van der Waals surface area contributed by atoms with Crippen molar-refractivity contribution in [3.05, 3.63) is 34.8 Å². The van der Waals surface area contributed by atoms with Gasteiger partial charge in [0.15, 0.2) is 4.34 Å². The van der Waals surface area contributed by atoms with Gasteiger partial charge in [-0.25, -0.2) is 0 Å². The van der Waals surface area contributed by atoms with E-state index in [2.05, 4.69) is 40.6 Å². The Bertz CT molecular complexity index is 454. The fourth-order valence-corrected chi connectivity index (χ4v) is 2.98. The van der Waals surface area contributed by atoms with Crippen molar-refractivity contribution in [2.75, 3.05) is 7.05 Å². The summed E-state index contributed by atoms with van der Waals surface area (Å²) < 4.78 is 0.987. The number of benzene rings is 1. The molecule has 0 fully saturated rings. The summed E-state index contributed by atoms with van der Waals surface area (Å²) in [5.41, 5.74) is 4.35. The molecule has 0 aliphatic rings. The lowest BCUT2D eigenvalue weighted by Crippen LogP contribution is -2.06. The molecule has 3 nitrogen and oxygen atoms in total.